The molecule has 0 saturated carbocycles. The van der Waals surface area contributed by atoms with Crippen molar-refractivity contribution in [2.24, 2.45) is 5.14 Å². The number of sulfonamides is 1. The molecular weight excluding hydrogens is 308 g/mol. The summed E-state index contributed by atoms with van der Waals surface area (Å²) in [7, 11) is -3.77. The highest BCUT2D eigenvalue weighted by molar-refractivity contribution is 7.89. The Hall–Kier alpha value is -2.89. The molecule has 8 heteroatoms. The number of nitriles is 1. The summed E-state index contributed by atoms with van der Waals surface area (Å²) >= 11 is 0. The van der Waals surface area contributed by atoms with Crippen LogP contribution in [0.3, 0.4) is 0 Å². The molecule has 3 N–H and O–H groups in total. The van der Waals surface area contributed by atoms with Gasteiger partial charge in [-0.1, -0.05) is 0 Å². The van der Waals surface area contributed by atoms with E-state index in [0.717, 1.165) is 6.08 Å². The SMILES string of the molecule is N#CC(=Cc1ccc(-c2ccc(S(N)(=O)=O)cc2)o1)C(=O)O. The Balaban J connectivity index is 2.33. The molecular formula is C14H10N2O5S. The van der Waals surface area contributed by atoms with Gasteiger partial charge in [-0.05, 0) is 36.4 Å². The van der Waals surface area contributed by atoms with Crippen molar-refractivity contribution in [3.05, 3.63) is 47.7 Å². The number of carbonyl (C=O) groups is 1. The number of carboxylic acid groups (broad SMARTS) is 1. The van der Waals surface area contributed by atoms with E-state index in [0.29, 0.717) is 11.3 Å². The van der Waals surface area contributed by atoms with Crippen LogP contribution in [0.4, 0.5) is 0 Å². The van der Waals surface area contributed by atoms with Crippen LogP contribution in [0.5, 0.6) is 0 Å². The van der Waals surface area contributed by atoms with E-state index in [9.17, 15) is 13.2 Å². The van der Waals surface area contributed by atoms with E-state index in [2.05, 4.69) is 0 Å². The number of hydrogen-bond donors (Lipinski definition) is 2. The molecule has 7 nitrogen and oxygen atoms in total. The summed E-state index contributed by atoms with van der Waals surface area (Å²) in [5.41, 5.74) is 0.131. The van der Waals surface area contributed by atoms with Gasteiger partial charge in [-0.25, -0.2) is 18.4 Å². The van der Waals surface area contributed by atoms with Crippen LogP contribution < -0.4 is 5.14 Å². The van der Waals surface area contributed by atoms with Crippen molar-refractivity contribution in [2.75, 3.05) is 0 Å². The normalized spacial score (nSPS) is 11.9. The number of nitrogens with two attached hydrogens (primary N) is 1. The second kappa shape index (κ2) is 5.85. The third-order valence-corrected chi connectivity index (χ3v) is 3.66. The van der Waals surface area contributed by atoms with Crippen LogP contribution in [-0.2, 0) is 14.8 Å². The summed E-state index contributed by atoms with van der Waals surface area (Å²) in [4.78, 5) is 10.7. The summed E-state index contributed by atoms with van der Waals surface area (Å²) in [6, 6.07) is 10.3. The van der Waals surface area contributed by atoms with Gasteiger partial charge in [0.2, 0.25) is 10.0 Å². The summed E-state index contributed by atoms with van der Waals surface area (Å²) < 4.78 is 27.7. The molecule has 112 valence electrons. The first-order valence-corrected chi connectivity index (χ1v) is 7.44. The van der Waals surface area contributed by atoms with Crippen molar-refractivity contribution >= 4 is 22.1 Å². The molecule has 0 aliphatic rings. The summed E-state index contributed by atoms with van der Waals surface area (Å²) in [5.74, 6) is -0.752. The van der Waals surface area contributed by atoms with E-state index in [1.165, 1.54) is 30.3 Å². The number of carboxylic acids is 1. The van der Waals surface area contributed by atoms with E-state index in [1.807, 2.05) is 0 Å². The maximum absolute atomic E-state index is 11.2. The summed E-state index contributed by atoms with van der Waals surface area (Å²) in [6.07, 6.45) is 1.10. The zero-order chi connectivity index (χ0) is 16.3. The highest BCUT2D eigenvalue weighted by atomic mass is 32.2. The Morgan fingerprint density at radius 3 is 2.36 bits per heavy atom. The molecule has 1 aromatic carbocycles. The molecule has 0 radical (unpaired) electrons. The Kier molecular flexibility index (Phi) is 4.12. The van der Waals surface area contributed by atoms with Gasteiger partial charge in [0.1, 0.15) is 23.2 Å². The van der Waals surface area contributed by atoms with Crippen LogP contribution in [-0.4, -0.2) is 19.5 Å². The van der Waals surface area contributed by atoms with Crippen molar-refractivity contribution in [3.63, 3.8) is 0 Å². The third kappa shape index (κ3) is 3.41. The third-order valence-electron chi connectivity index (χ3n) is 2.73. The smallest absolute Gasteiger partial charge is 0.346 e. The predicted octanol–water partition coefficient (Wildman–Crippen LogP) is 1.59. The van der Waals surface area contributed by atoms with Gasteiger partial charge in [0.15, 0.2) is 0 Å². The van der Waals surface area contributed by atoms with E-state index >= 15 is 0 Å². The lowest BCUT2D eigenvalue weighted by atomic mass is 10.2. The van der Waals surface area contributed by atoms with Crippen molar-refractivity contribution in [2.45, 2.75) is 4.90 Å². The van der Waals surface area contributed by atoms with Gasteiger partial charge in [-0.2, -0.15) is 5.26 Å². The molecule has 0 amide bonds. The van der Waals surface area contributed by atoms with Gasteiger partial charge in [0, 0.05) is 11.6 Å². The molecule has 0 atom stereocenters. The first kappa shape index (κ1) is 15.5. The zero-order valence-corrected chi connectivity index (χ0v) is 11.9. The molecule has 0 aliphatic carbocycles. The number of furan rings is 1. The average Bonchev–Trinajstić information content (AvgIpc) is 2.92. The van der Waals surface area contributed by atoms with Gasteiger partial charge in [0.05, 0.1) is 4.90 Å². The standard InChI is InChI=1S/C14H10N2O5S/c15-8-10(14(17)18)7-11-3-6-13(21-11)9-1-4-12(5-2-9)22(16,19)20/h1-7H,(H,17,18)(H2,16,19,20). The fourth-order valence-corrected chi connectivity index (χ4v) is 2.19. The Bertz CT molecular complexity index is 886. The van der Waals surface area contributed by atoms with Crippen LogP contribution in [0.25, 0.3) is 17.4 Å². The number of hydrogen-bond acceptors (Lipinski definition) is 5. The second-order valence-corrected chi connectivity index (χ2v) is 5.81. The van der Waals surface area contributed by atoms with Gasteiger partial charge < -0.3 is 9.52 Å². The zero-order valence-electron chi connectivity index (χ0n) is 11.1. The molecule has 0 unspecified atom stereocenters. The molecule has 0 bridgehead atoms. The Morgan fingerprint density at radius 2 is 1.86 bits per heavy atom. The van der Waals surface area contributed by atoms with E-state index in [1.54, 1.807) is 12.1 Å². The first-order chi connectivity index (χ1) is 10.3. The van der Waals surface area contributed by atoms with Crippen LogP contribution in [0.15, 0.2) is 51.3 Å². The molecule has 1 aromatic heterocycles. The fraction of sp³-hybridized carbons (Fsp3) is 0. The molecule has 2 rings (SSSR count). The minimum absolute atomic E-state index is 0.0273. The molecule has 0 spiro atoms. The van der Waals surface area contributed by atoms with Gasteiger partial charge in [-0.3, -0.25) is 0 Å². The highest BCUT2D eigenvalue weighted by Gasteiger charge is 2.11. The maximum atomic E-state index is 11.2. The quantitative estimate of drug-likeness (QED) is 0.649. The number of aliphatic carboxylic acids is 1. The Labute approximate surface area is 126 Å². The number of nitrogens with zero attached hydrogens (tertiary/aromatic N) is 1. The van der Waals surface area contributed by atoms with E-state index in [4.69, 9.17) is 19.9 Å². The van der Waals surface area contributed by atoms with Gasteiger partial charge in [0.25, 0.3) is 0 Å². The molecule has 1 heterocycles. The lowest BCUT2D eigenvalue weighted by molar-refractivity contribution is -0.132. The van der Waals surface area contributed by atoms with Crippen molar-refractivity contribution < 1.29 is 22.7 Å². The first-order valence-electron chi connectivity index (χ1n) is 5.89. The molecule has 22 heavy (non-hydrogen) atoms. The second-order valence-electron chi connectivity index (χ2n) is 4.25. The van der Waals surface area contributed by atoms with Gasteiger partial charge >= 0.3 is 5.97 Å². The lowest BCUT2D eigenvalue weighted by Gasteiger charge is -2.00. The van der Waals surface area contributed by atoms with Crippen LogP contribution in [0, 0.1) is 11.3 Å². The largest absolute Gasteiger partial charge is 0.477 e. The molecule has 0 aliphatic heterocycles. The van der Waals surface area contributed by atoms with E-state index < -0.39 is 21.6 Å². The Morgan fingerprint density at radius 1 is 1.23 bits per heavy atom. The maximum Gasteiger partial charge on any atom is 0.346 e. The molecule has 0 saturated heterocycles. The van der Waals surface area contributed by atoms with Crippen LogP contribution >= 0.6 is 0 Å². The van der Waals surface area contributed by atoms with Crippen molar-refractivity contribution in [3.8, 4) is 17.4 Å². The van der Waals surface area contributed by atoms with Crippen LogP contribution in [0.2, 0.25) is 0 Å². The van der Waals surface area contributed by atoms with Gasteiger partial charge in [-0.15, -0.1) is 0 Å². The minimum atomic E-state index is -3.77. The lowest BCUT2D eigenvalue weighted by Crippen LogP contribution is -2.11. The van der Waals surface area contributed by atoms with Crippen LogP contribution in [0.1, 0.15) is 5.76 Å². The number of rotatable bonds is 4. The fourth-order valence-electron chi connectivity index (χ4n) is 1.68. The average molecular weight is 318 g/mol. The predicted molar refractivity (Wildman–Crippen MR) is 76.7 cm³/mol. The number of benzene rings is 1. The molecule has 2 aromatic rings. The monoisotopic (exact) mass is 318 g/mol. The van der Waals surface area contributed by atoms with Crippen molar-refractivity contribution in [1.29, 1.82) is 5.26 Å². The molecule has 0 fully saturated rings. The number of primary sulfonamides is 1. The van der Waals surface area contributed by atoms with E-state index in [-0.39, 0.29) is 10.7 Å². The summed E-state index contributed by atoms with van der Waals surface area (Å²) in [6.45, 7) is 0. The topological polar surface area (TPSA) is 134 Å². The summed E-state index contributed by atoms with van der Waals surface area (Å²) in [5, 5.41) is 22.4. The van der Waals surface area contributed by atoms with Crippen molar-refractivity contribution in [1.82, 2.24) is 0 Å². The minimum Gasteiger partial charge on any atom is -0.477 e. The highest BCUT2D eigenvalue weighted by Crippen LogP contribution is 2.24.